The maximum absolute atomic E-state index is 12.4. The molecule has 0 fully saturated rings. The summed E-state index contributed by atoms with van der Waals surface area (Å²) < 4.78 is 31.8. The van der Waals surface area contributed by atoms with Crippen LogP contribution in [0.2, 0.25) is 0 Å². The van der Waals surface area contributed by atoms with Gasteiger partial charge < -0.3 is 14.4 Å². The summed E-state index contributed by atoms with van der Waals surface area (Å²) >= 11 is 0. The molecule has 0 aliphatic carbocycles. The number of esters is 2. The molecule has 0 radical (unpaired) electrons. The molecule has 8 nitrogen and oxygen atoms in total. The zero-order valence-corrected chi connectivity index (χ0v) is 31.1. The fourth-order valence-corrected chi connectivity index (χ4v) is 5.48. The van der Waals surface area contributed by atoms with Crippen LogP contribution in [-0.4, -0.2) is 43.3 Å². The van der Waals surface area contributed by atoms with Crippen molar-refractivity contribution in [3.8, 4) is 0 Å². The Hall–Kier alpha value is -1.73. The number of hydrogen-bond acceptors (Lipinski definition) is 7. The lowest BCUT2D eigenvalue weighted by Gasteiger charge is -2.19. The van der Waals surface area contributed by atoms with Gasteiger partial charge in [0.05, 0.1) is 6.61 Å². The Morgan fingerprint density at radius 3 is 1.62 bits per heavy atom. The fourth-order valence-electron chi connectivity index (χ4n) is 5.02. The van der Waals surface area contributed by atoms with E-state index in [0.29, 0.717) is 12.8 Å². The van der Waals surface area contributed by atoms with E-state index in [-0.39, 0.29) is 19.0 Å². The molecule has 274 valence electrons. The molecule has 1 N–H and O–H groups in total. The minimum Gasteiger partial charge on any atom is -0.462 e. The van der Waals surface area contributed by atoms with E-state index in [1.165, 1.54) is 64.2 Å². The highest BCUT2D eigenvalue weighted by molar-refractivity contribution is 7.47. The standard InChI is InChI=1S/C38H69O8P/c1-4-6-8-10-12-14-16-18-19-21-23-25-27-29-31-33-38(40)46-36(35-45-47(41,42)43-3)34-44-37(39)32-30-28-26-24-22-20-17-15-13-11-9-7-5-2/h6,8,12,14,18-19,36H,4-5,7,9-11,13,15-17,20-35H2,1-3H3,(H,41,42)/b8-6-,14-12-,19-18-. The predicted octanol–water partition coefficient (Wildman–Crippen LogP) is 11.3. The molecule has 0 aromatic heterocycles. The maximum Gasteiger partial charge on any atom is 0.472 e. The SMILES string of the molecule is CC/C=C\C/C=C\C/C=C\CCCCCCCC(=O)OC(COC(=O)CCCCCCCCCCCCCCC)COP(=O)(O)OC. The number of hydrogen-bond donors (Lipinski definition) is 1. The molecule has 2 unspecified atom stereocenters. The normalized spacial score (nSPS) is 13.9. The Bertz CT molecular complexity index is 870. The lowest BCUT2D eigenvalue weighted by molar-refractivity contribution is -0.161. The molecule has 0 spiro atoms. The number of rotatable bonds is 34. The van der Waals surface area contributed by atoms with E-state index in [4.69, 9.17) is 14.0 Å². The summed E-state index contributed by atoms with van der Waals surface area (Å²) in [5.41, 5.74) is 0. The van der Waals surface area contributed by atoms with E-state index >= 15 is 0 Å². The Morgan fingerprint density at radius 1 is 0.617 bits per heavy atom. The predicted molar refractivity (Wildman–Crippen MR) is 193 cm³/mol. The Morgan fingerprint density at radius 2 is 1.09 bits per heavy atom. The van der Waals surface area contributed by atoms with Crippen LogP contribution in [0.1, 0.15) is 168 Å². The van der Waals surface area contributed by atoms with Crippen LogP contribution in [0.15, 0.2) is 36.5 Å². The van der Waals surface area contributed by atoms with Crippen molar-refractivity contribution in [2.75, 3.05) is 20.3 Å². The van der Waals surface area contributed by atoms with E-state index in [1.807, 2.05) is 0 Å². The third kappa shape index (κ3) is 33.9. The van der Waals surface area contributed by atoms with Crippen LogP contribution in [0.5, 0.6) is 0 Å². The summed E-state index contributed by atoms with van der Waals surface area (Å²) in [6, 6.07) is 0. The number of phosphoric acid groups is 1. The molecule has 2 atom stereocenters. The van der Waals surface area contributed by atoms with Crippen molar-refractivity contribution in [1.29, 1.82) is 0 Å². The van der Waals surface area contributed by atoms with Crippen molar-refractivity contribution in [2.45, 2.75) is 174 Å². The Labute approximate surface area is 287 Å². The molecule has 0 saturated heterocycles. The zero-order chi connectivity index (χ0) is 34.7. The molecule has 47 heavy (non-hydrogen) atoms. The molecule has 0 rings (SSSR count). The minimum atomic E-state index is -4.26. The van der Waals surface area contributed by atoms with E-state index < -0.39 is 26.5 Å². The summed E-state index contributed by atoms with van der Waals surface area (Å²) in [5, 5.41) is 0. The summed E-state index contributed by atoms with van der Waals surface area (Å²) in [6.07, 6.45) is 37.6. The van der Waals surface area contributed by atoms with E-state index in [0.717, 1.165) is 77.7 Å². The van der Waals surface area contributed by atoms with Crippen molar-refractivity contribution >= 4 is 19.8 Å². The van der Waals surface area contributed by atoms with E-state index in [2.05, 4.69) is 54.8 Å². The lowest BCUT2D eigenvalue weighted by Crippen LogP contribution is -2.29. The van der Waals surface area contributed by atoms with Crippen molar-refractivity contribution in [1.82, 2.24) is 0 Å². The molecule has 0 heterocycles. The first-order chi connectivity index (χ1) is 22.8. The van der Waals surface area contributed by atoms with E-state index in [1.54, 1.807) is 0 Å². The Kier molecular flexibility index (Phi) is 32.9. The van der Waals surface area contributed by atoms with Crippen LogP contribution in [0.3, 0.4) is 0 Å². The highest BCUT2D eigenvalue weighted by Gasteiger charge is 2.24. The second-order valence-electron chi connectivity index (χ2n) is 12.3. The van der Waals surface area contributed by atoms with Gasteiger partial charge in [-0.3, -0.25) is 18.6 Å². The van der Waals surface area contributed by atoms with Crippen LogP contribution < -0.4 is 0 Å². The van der Waals surface area contributed by atoms with Gasteiger partial charge in [-0.25, -0.2) is 4.57 Å². The zero-order valence-electron chi connectivity index (χ0n) is 30.2. The molecule has 0 aliphatic rings. The fraction of sp³-hybridized carbons (Fsp3) is 0.789. The summed E-state index contributed by atoms with van der Waals surface area (Å²) in [7, 11) is -3.20. The van der Waals surface area contributed by atoms with Crippen LogP contribution in [-0.2, 0) is 32.7 Å². The van der Waals surface area contributed by atoms with Gasteiger partial charge in [0.15, 0.2) is 6.10 Å². The average molecular weight is 685 g/mol. The molecular formula is C38H69O8P. The molecular weight excluding hydrogens is 615 g/mol. The number of carbonyl (C=O) groups excluding carboxylic acids is 2. The second kappa shape index (κ2) is 34.1. The smallest absolute Gasteiger partial charge is 0.462 e. The number of unbranched alkanes of at least 4 members (excludes halogenated alkanes) is 17. The first-order valence-electron chi connectivity index (χ1n) is 18.7. The summed E-state index contributed by atoms with van der Waals surface area (Å²) in [5.74, 6) is -0.823. The molecule has 9 heteroatoms. The molecule has 0 aromatic carbocycles. The van der Waals surface area contributed by atoms with Crippen molar-refractivity contribution in [2.24, 2.45) is 0 Å². The van der Waals surface area contributed by atoms with Crippen LogP contribution >= 0.6 is 7.82 Å². The van der Waals surface area contributed by atoms with E-state index in [9.17, 15) is 19.0 Å². The van der Waals surface area contributed by atoms with Gasteiger partial charge in [0.2, 0.25) is 0 Å². The van der Waals surface area contributed by atoms with Crippen LogP contribution in [0.25, 0.3) is 0 Å². The topological polar surface area (TPSA) is 108 Å². The highest BCUT2D eigenvalue weighted by Crippen LogP contribution is 2.42. The van der Waals surface area contributed by atoms with Crippen LogP contribution in [0, 0.1) is 0 Å². The van der Waals surface area contributed by atoms with Crippen molar-refractivity contribution in [3.63, 3.8) is 0 Å². The lowest BCUT2D eigenvalue weighted by atomic mass is 10.0. The Balaban J connectivity index is 4.09. The molecule has 0 saturated carbocycles. The third-order valence-corrected chi connectivity index (χ3v) is 8.84. The highest BCUT2D eigenvalue weighted by atomic mass is 31.2. The van der Waals surface area contributed by atoms with Gasteiger partial charge >= 0.3 is 19.8 Å². The number of phosphoric ester groups is 1. The van der Waals surface area contributed by atoms with Gasteiger partial charge in [0.25, 0.3) is 0 Å². The quantitative estimate of drug-likeness (QED) is 0.0309. The monoisotopic (exact) mass is 684 g/mol. The number of allylic oxidation sites excluding steroid dienone is 6. The number of ether oxygens (including phenoxy) is 2. The van der Waals surface area contributed by atoms with Gasteiger partial charge in [-0.15, -0.1) is 0 Å². The molecule has 0 amide bonds. The first kappa shape index (κ1) is 45.3. The van der Waals surface area contributed by atoms with Gasteiger partial charge in [-0.05, 0) is 44.9 Å². The van der Waals surface area contributed by atoms with Crippen molar-refractivity contribution in [3.05, 3.63) is 36.5 Å². The van der Waals surface area contributed by atoms with Crippen molar-refractivity contribution < 1.29 is 37.6 Å². The summed E-state index contributed by atoms with van der Waals surface area (Å²) in [4.78, 5) is 34.3. The maximum atomic E-state index is 12.4. The summed E-state index contributed by atoms with van der Waals surface area (Å²) in [6.45, 7) is 3.75. The molecule has 0 bridgehead atoms. The third-order valence-electron chi connectivity index (χ3n) is 7.90. The van der Waals surface area contributed by atoms with Gasteiger partial charge in [0, 0.05) is 20.0 Å². The van der Waals surface area contributed by atoms with Gasteiger partial charge in [0.1, 0.15) is 6.61 Å². The van der Waals surface area contributed by atoms with Gasteiger partial charge in [-0.1, -0.05) is 147 Å². The minimum absolute atomic E-state index is 0.226. The van der Waals surface area contributed by atoms with Crippen LogP contribution in [0.4, 0.5) is 0 Å². The molecule has 0 aliphatic heterocycles. The second-order valence-corrected chi connectivity index (χ2v) is 13.9. The largest absolute Gasteiger partial charge is 0.472 e. The average Bonchev–Trinajstić information content (AvgIpc) is 3.06. The molecule has 0 aromatic rings. The van der Waals surface area contributed by atoms with Gasteiger partial charge in [-0.2, -0.15) is 0 Å². The first-order valence-corrected chi connectivity index (χ1v) is 20.2. The number of carbonyl (C=O) groups is 2.